The van der Waals surface area contributed by atoms with Crippen LogP contribution in [0.2, 0.25) is 0 Å². The lowest BCUT2D eigenvalue weighted by atomic mass is 10.6. The van der Waals surface area contributed by atoms with Crippen molar-refractivity contribution >= 4 is 27.7 Å². The van der Waals surface area contributed by atoms with E-state index in [4.69, 9.17) is 0 Å². The fraction of sp³-hybridized carbons (Fsp3) is 1.00. The summed E-state index contributed by atoms with van der Waals surface area (Å²) in [6.45, 7) is 2.21. The molecule has 1 heterocycles. The maximum Gasteiger partial charge on any atom is 0.0719 e. The number of thioether (sulfide) groups is 1. The Bertz CT molecular complexity index is 40.2. The highest BCUT2D eigenvalue weighted by Gasteiger charge is 2.30. The van der Waals surface area contributed by atoms with E-state index in [1.807, 2.05) is 11.8 Å². The lowest BCUT2D eigenvalue weighted by Crippen LogP contribution is -1.68. The van der Waals surface area contributed by atoms with Crippen LogP contribution in [0.25, 0.3) is 0 Å². The highest BCUT2D eigenvalue weighted by molar-refractivity contribution is 9.12. The first-order valence-electron chi connectivity index (χ1n) is 1.60. The van der Waals surface area contributed by atoms with Gasteiger partial charge < -0.3 is 0 Å². The molecular weight excluding hydrogens is 148 g/mol. The summed E-state index contributed by atoms with van der Waals surface area (Å²) in [6.07, 6.45) is 0. The van der Waals surface area contributed by atoms with Crippen LogP contribution in [0, 0.1) is 0 Å². The Kier molecular flexibility index (Phi) is 0.925. The van der Waals surface area contributed by atoms with Gasteiger partial charge in [0.1, 0.15) is 0 Å². The molecule has 0 spiro atoms. The molecule has 1 rings (SSSR count). The van der Waals surface area contributed by atoms with Gasteiger partial charge in [0.05, 0.1) is 4.16 Å². The third-order valence-electron chi connectivity index (χ3n) is 0.637. The molecule has 1 saturated heterocycles. The minimum atomic E-state index is 0.780. The van der Waals surface area contributed by atoms with Crippen LogP contribution in [0.5, 0.6) is 0 Å². The topological polar surface area (TPSA) is 0 Å². The summed E-state index contributed by atoms with van der Waals surface area (Å²) in [5.41, 5.74) is 0. The maximum atomic E-state index is 3.41. The van der Waals surface area contributed by atoms with E-state index in [1.165, 1.54) is 0 Å². The molecule has 2 heteroatoms. The van der Waals surface area contributed by atoms with Gasteiger partial charge in [-0.2, -0.15) is 0 Å². The average Bonchev–Trinajstić information content (AvgIpc) is 1.79. The second-order valence-electron chi connectivity index (χ2n) is 1.19. The summed E-state index contributed by atoms with van der Waals surface area (Å²) in [7, 11) is 0. The van der Waals surface area contributed by atoms with Gasteiger partial charge in [-0.25, -0.2) is 0 Å². The molecule has 5 heavy (non-hydrogen) atoms. The van der Waals surface area contributed by atoms with Crippen LogP contribution in [0.3, 0.4) is 0 Å². The molecule has 0 radical (unpaired) electrons. The SMILES string of the molecule is CC1SC1Br. The van der Waals surface area contributed by atoms with Crippen LogP contribution in [-0.4, -0.2) is 9.41 Å². The maximum absolute atomic E-state index is 3.41. The molecule has 0 amide bonds. The van der Waals surface area contributed by atoms with E-state index >= 15 is 0 Å². The zero-order valence-electron chi connectivity index (χ0n) is 2.94. The molecular formula is C3H5BrS. The van der Waals surface area contributed by atoms with Gasteiger partial charge in [-0.3, -0.25) is 0 Å². The lowest BCUT2D eigenvalue weighted by molar-refractivity contribution is 1.22. The van der Waals surface area contributed by atoms with Crippen LogP contribution in [0.1, 0.15) is 6.92 Å². The predicted octanol–water partition coefficient (Wildman–Crippen LogP) is 1.84. The van der Waals surface area contributed by atoms with Crippen molar-refractivity contribution in [3.8, 4) is 0 Å². The number of halogens is 1. The molecule has 0 aliphatic carbocycles. The predicted molar refractivity (Wildman–Crippen MR) is 29.8 cm³/mol. The zero-order valence-corrected chi connectivity index (χ0v) is 5.34. The van der Waals surface area contributed by atoms with Gasteiger partial charge in [-0.15, -0.1) is 11.8 Å². The molecule has 2 unspecified atom stereocenters. The van der Waals surface area contributed by atoms with Crippen LogP contribution in [0.15, 0.2) is 0 Å². The van der Waals surface area contributed by atoms with E-state index in [-0.39, 0.29) is 0 Å². The van der Waals surface area contributed by atoms with Gasteiger partial charge in [0.15, 0.2) is 0 Å². The molecule has 1 aliphatic rings. The van der Waals surface area contributed by atoms with Crippen LogP contribution in [-0.2, 0) is 0 Å². The molecule has 0 aromatic rings. The number of alkyl halides is 1. The Labute approximate surface area is 44.5 Å². The van der Waals surface area contributed by atoms with Crippen molar-refractivity contribution in [1.82, 2.24) is 0 Å². The van der Waals surface area contributed by atoms with E-state index in [0.29, 0.717) is 0 Å². The van der Waals surface area contributed by atoms with Gasteiger partial charge in [-0.05, 0) is 0 Å². The van der Waals surface area contributed by atoms with Crippen molar-refractivity contribution in [1.29, 1.82) is 0 Å². The largest absolute Gasteiger partial charge is 0.141 e. The molecule has 1 fully saturated rings. The fourth-order valence-electron chi connectivity index (χ4n) is 0.160. The summed E-state index contributed by atoms with van der Waals surface area (Å²) < 4.78 is 0.780. The third kappa shape index (κ3) is 0.829. The van der Waals surface area contributed by atoms with Gasteiger partial charge in [0.25, 0.3) is 0 Å². The van der Waals surface area contributed by atoms with Crippen LogP contribution < -0.4 is 0 Å². The zero-order chi connectivity index (χ0) is 3.86. The Hall–Kier alpha value is 0.830. The molecule has 0 aromatic carbocycles. The minimum absolute atomic E-state index is 0.780. The second-order valence-corrected chi connectivity index (χ2v) is 4.31. The summed E-state index contributed by atoms with van der Waals surface area (Å²) in [6, 6.07) is 0. The van der Waals surface area contributed by atoms with E-state index in [0.717, 1.165) is 9.41 Å². The quantitative estimate of drug-likeness (QED) is 0.378. The molecule has 30 valence electrons. The van der Waals surface area contributed by atoms with Crippen molar-refractivity contribution in [3.05, 3.63) is 0 Å². The van der Waals surface area contributed by atoms with Crippen LogP contribution >= 0.6 is 27.7 Å². The number of hydrogen-bond donors (Lipinski definition) is 0. The van der Waals surface area contributed by atoms with E-state index in [9.17, 15) is 0 Å². The van der Waals surface area contributed by atoms with Gasteiger partial charge in [-0.1, -0.05) is 22.9 Å². The third-order valence-corrected chi connectivity index (χ3v) is 3.48. The van der Waals surface area contributed by atoms with Crippen molar-refractivity contribution in [2.45, 2.75) is 16.3 Å². The second kappa shape index (κ2) is 1.16. The average molecular weight is 153 g/mol. The molecule has 0 saturated carbocycles. The molecule has 1 aliphatic heterocycles. The van der Waals surface area contributed by atoms with Gasteiger partial charge in [0.2, 0.25) is 0 Å². The van der Waals surface area contributed by atoms with Crippen molar-refractivity contribution in [2.24, 2.45) is 0 Å². The Morgan fingerprint density at radius 3 is 2.00 bits per heavy atom. The molecule has 2 atom stereocenters. The van der Waals surface area contributed by atoms with Crippen molar-refractivity contribution in [3.63, 3.8) is 0 Å². The number of rotatable bonds is 0. The first-order valence-corrected chi connectivity index (χ1v) is 3.46. The van der Waals surface area contributed by atoms with Crippen molar-refractivity contribution < 1.29 is 0 Å². The normalized spacial score (nSPS) is 49.2. The highest BCUT2D eigenvalue weighted by atomic mass is 79.9. The van der Waals surface area contributed by atoms with Crippen LogP contribution in [0.4, 0.5) is 0 Å². The highest BCUT2D eigenvalue weighted by Crippen LogP contribution is 2.44. The summed E-state index contributed by atoms with van der Waals surface area (Å²) in [4.78, 5) is 0. The van der Waals surface area contributed by atoms with Gasteiger partial charge >= 0.3 is 0 Å². The molecule has 0 aromatic heterocycles. The summed E-state index contributed by atoms with van der Waals surface area (Å²) in [5.74, 6) is 0. The van der Waals surface area contributed by atoms with Crippen molar-refractivity contribution in [2.75, 3.05) is 0 Å². The summed E-state index contributed by atoms with van der Waals surface area (Å²) in [5, 5.41) is 0.884. The molecule has 0 nitrogen and oxygen atoms in total. The Morgan fingerprint density at radius 1 is 1.80 bits per heavy atom. The van der Waals surface area contributed by atoms with E-state index in [2.05, 4.69) is 22.9 Å². The van der Waals surface area contributed by atoms with Gasteiger partial charge in [0, 0.05) is 5.25 Å². The molecule has 0 bridgehead atoms. The summed E-state index contributed by atoms with van der Waals surface area (Å²) >= 11 is 5.37. The van der Waals surface area contributed by atoms with E-state index < -0.39 is 0 Å². The fourth-order valence-corrected chi connectivity index (χ4v) is 1.50. The lowest BCUT2D eigenvalue weighted by Gasteiger charge is -1.60. The van der Waals surface area contributed by atoms with E-state index in [1.54, 1.807) is 0 Å². The first-order chi connectivity index (χ1) is 2.30. The standard InChI is InChI=1S/C3H5BrS/c1-2-3(4)5-2/h2-3H,1H3. The smallest absolute Gasteiger partial charge is 0.0719 e. The molecule has 0 N–H and O–H groups in total. The number of hydrogen-bond acceptors (Lipinski definition) is 1. The minimum Gasteiger partial charge on any atom is -0.141 e. The monoisotopic (exact) mass is 152 g/mol. The Morgan fingerprint density at radius 2 is 2.00 bits per heavy atom. The first kappa shape index (κ1) is 4.00. The Balaban J connectivity index is 2.20.